The molecule has 84 valence electrons. The Morgan fingerprint density at radius 2 is 1.53 bits per heavy atom. The van der Waals surface area contributed by atoms with E-state index in [1.807, 2.05) is 14.0 Å². The fourth-order valence-electron chi connectivity index (χ4n) is 1.75. The smallest absolute Gasteiger partial charge is 0.0765 e. The van der Waals surface area contributed by atoms with Gasteiger partial charge in [-0.2, -0.15) is 0 Å². The average molecular weight is 207 g/mol. The van der Waals surface area contributed by atoms with Crippen LogP contribution in [0.5, 0.6) is 0 Å². The molecule has 2 heteroatoms. The summed E-state index contributed by atoms with van der Waals surface area (Å²) in [6, 6.07) is 4.52. The summed E-state index contributed by atoms with van der Waals surface area (Å²) in [7, 11) is 1.94. The lowest BCUT2D eigenvalue weighted by Crippen LogP contribution is -2.15. The molecule has 0 fully saturated rings. The van der Waals surface area contributed by atoms with Crippen LogP contribution < -0.4 is 5.32 Å². The standard InChI is InChI=1S/C13H21NO/c1-8-6-12(10(3)14-5)13(11(4)15)7-9(8)2/h6-7,10-11,14-15H,1-5H3. The Hall–Kier alpha value is -0.860. The van der Waals surface area contributed by atoms with Gasteiger partial charge < -0.3 is 10.4 Å². The van der Waals surface area contributed by atoms with Crippen molar-refractivity contribution in [1.82, 2.24) is 5.32 Å². The van der Waals surface area contributed by atoms with Crippen LogP contribution in [0.15, 0.2) is 12.1 Å². The lowest BCUT2D eigenvalue weighted by molar-refractivity contribution is 0.197. The summed E-state index contributed by atoms with van der Waals surface area (Å²) in [6.45, 7) is 8.11. The molecular formula is C13H21NO. The molecule has 0 aromatic heterocycles. The monoisotopic (exact) mass is 207 g/mol. The van der Waals surface area contributed by atoms with Gasteiger partial charge in [0.25, 0.3) is 0 Å². The minimum atomic E-state index is -0.407. The SMILES string of the molecule is CNC(C)c1cc(C)c(C)cc1C(C)O. The number of aliphatic hydroxyl groups excluding tert-OH is 1. The average Bonchev–Trinajstić information content (AvgIpc) is 2.20. The van der Waals surface area contributed by atoms with Crippen molar-refractivity contribution in [3.05, 3.63) is 34.4 Å². The van der Waals surface area contributed by atoms with Gasteiger partial charge in [0.2, 0.25) is 0 Å². The lowest BCUT2D eigenvalue weighted by Gasteiger charge is -2.19. The maximum absolute atomic E-state index is 9.74. The van der Waals surface area contributed by atoms with E-state index >= 15 is 0 Å². The van der Waals surface area contributed by atoms with E-state index < -0.39 is 6.10 Å². The first-order chi connectivity index (χ1) is 6.97. The third-order valence-corrected chi connectivity index (χ3v) is 3.05. The van der Waals surface area contributed by atoms with Crippen molar-refractivity contribution in [3.63, 3.8) is 0 Å². The van der Waals surface area contributed by atoms with E-state index in [0.717, 1.165) is 5.56 Å². The maximum Gasteiger partial charge on any atom is 0.0765 e. The van der Waals surface area contributed by atoms with Gasteiger partial charge in [-0.3, -0.25) is 0 Å². The first-order valence-electron chi connectivity index (χ1n) is 5.43. The zero-order valence-electron chi connectivity index (χ0n) is 10.3. The molecule has 0 aliphatic heterocycles. The van der Waals surface area contributed by atoms with Gasteiger partial charge in [0.1, 0.15) is 0 Å². The van der Waals surface area contributed by atoms with E-state index in [9.17, 15) is 5.11 Å². The van der Waals surface area contributed by atoms with Crippen molar-refractivity contribution in [1.29, 1.82) is 0 Å². The van der Waals surface area contributed by atoms with Gasteiger partial charge in [-0.25, -0.2) is 0 Å². The molecule has 2 N–H and O–H groups in total. The van der Waals surface area contributed by atoms with E-state index in [2.05, 4.69) is 38.2 Å². The third kappa shape index (κ3) is 2.58. The summed E-state index contributed by atoms with van der Waals surface area (Å²) < 4.78 is 0. The summed E-state index contributed by atoms with van der Waals surface area (Å²) in [4.78, 5) is 0. The van der Waals surface area contributed by atoms with E-state index in [1.54, 1.807) is 0 Å². The van der Waals surface area contributed by atoms with Crippen LogP contribution in [0, 0.1) is 13.8 Å². The van der Waals surface area contributed by atoms with Gasteiger partial charge in [0.15, 0.2) is 0 Å². The molecule has 0 radical (unpaired) electrons. The molecule has 2 unspecified atom stereocenters. The Kier molecular flexibility index (Phi) is 3.89. The van der Waals surface area contributed by atoms with Crippen LogP contribution in [0.1, 0.15) is 48.2 Å². The molecule has 0 amide bonds. The topological polar surface area (TPSA) is 32.3 Å². The highest BCUT2D eigenvalue weighted by Gasteiger charge is 2.13. The van der Waals surface area contributed by atoms with E-state index in [0.29, 0.717) is 0 Å². The van der Waals surface area contributed by atoms with Crippen LogP contribution >= 0.6 is 0 Å². The van der Waals surface area contributed by atoms with E-state index in [1.165, 1.54) is 16.7 Å². The minimum Gasteiger partial charge on any atom is -0.389 e. The van der Waals surface area contributed by atoms with Gasteiger partial charge in [-0.05, 0) is 57.0 Å². The Morgan fingerprint density at radius 3 is 1.93 bits per heavy atom. The molecule has 0 heterocycles. The van der Waals surface area contributed by atoms with Crippen molar-refractivity contribution in [3.8, 4) is 0 Å². The van der Waals surface area contributed by atoms with E-state index in [4.69, 9.17) is 0 Å². The number of nitrogens with one attached hydrogen (secondary N) is 1. The molecule has 0 aliphatic carbocycles. The number of aryl methyl sites for hydroxylation is 2. The quantitative estimate of drug-likeness (QED) is 0.798. The molecule has 0 bridgehead atoms. The van der Waals surface area contributed by atoms with Crippen molar-refractivity contribution < 1.29 is 5.11 Å². The summed E-state index contributed by atoms with van der Waals surface area (Å²) in [5.74, 6) is 0. The van der Waals surface area contributed by atoms with Crippen LogP contribution in [0.3, 0.4) is 0 Å². The molecule has 15 heavy (non-hydrogen) atoms. The Bertz CT molecular complexity index is 345. The van der Waals surface area contributed by atoms with Gasteiger partial charge in [-0.1, -0.05) is 12.1 Å². The lowest BCUT2D eigenvalue weighted by atomic mass is 9.93. The molecule has 1 rings (SSSR count). The summed E-state index contributed by atoms with van der Waals surface area (Å²) in [5, 5.41) is 12.9. The number of rotatable bonds is 3. The molecule has 0 saturated heterocycles. The van der Waals surface area contributed by atoms with Crippen LogP contribution in [-0.4, -0.2) is 12.2 Å². The second kappa shape index (κ2) is 4.77. The summed E-state index contributed by atoms with van der Waals surface area (Å²) in [5.41, 5.74) is 4.73. The molecule has 0 aliphatic rings. The molecule has 0 saturated carbocycles. The van der Waals surface area contributed by atoms with Crippen molar-refractivity contribution >= 4 is 0 Å². The molecule has 0 spiro atoms. The highest BCUT2D eigenvalue weighted by molar-refractivity contribution is 5.39. The Balaban J connectivity index is 3.28. The molecule has 1 aromatic rings. The first-order valence-corrected chi connectivity index (χ1v) is 5.43. The third-order valence-electron chi connectivity index (χ3n) is 3.05. The molecule has 1 aromatic carbocycles. The van der Waals surface area contributed by atoms with Crippen molar-refractivity contribution in [2.24, 2.45) is 0 Å². The van der Waals surface area contributed by atoms with Crippen LogP contribution in [-0.2, 0) is 0 Å². The second-order valence-corrected chi connectivity index (χ2v) is 4.25. The Labute approximate surface area is 92.3 Å². The van der Waals surface area contributed by atoms with Crippen molar-refractivity contribution in [2.75, 3.05) is 7.05 Å². The largest absolute Gasteiger partial charge is 0.389 e. The van der Waals surface area contributed by atoms with Gasteiger partial charge in [0, 0.05) is 6.04 Å². The van der Waals surface area contributed by atoms with Crippen LogP contribution in [0.2, 0.25) is 0 Å². The highest BCUT2D eigenvalue weighted by atomic mass is 16.3. The predicted molar refractivity (Wildman–Crippen MR) is 64.0 cm³/mol. The molecule has 2 atom stereocenters. The van der Waals surface area contributed by atoms with Crippen LogP contribution in [0.4, 0.5) is 0 Å². The maximum atomic E-state index is 9.74. The van der Waals surface area contributed by atoms with Crippen molar-refractivity contribution in [2.45, 2.75) is 39.8 Å². The minimum absolute atomic E-state index is 0.272. The highest BCUT2D eigenvalue weighted by Crippen LogP contribution is 2.26. The molecular weight excluding hydrogens is 186 g/mol. The van der Waals surface area contributed by atoms with Gasteiger partial charge >= 0.3 is 0 Å². The second-order valence-electron chi connectivity index (χ2n) is 4.25. The normalized spacial score (nSPS) is 15.1. The number of hydrogen-bond donors (Lipinski definition) is 2. The first kappa shape index (κ1) is 12.2. The number of hydrogen-bond acceptors (Lipinski definition) is 2. The van der Waals surface area contributed by atoms with Crippen LogP contribution in [0.25, 0.3) is 0 Å². The van der Waals surface area contributed by atoms with E-state index in [-0.39, 0.29) is 6.04 Å². The zero-order chi connectivity index (χ0) is 11.6. The fraction of sp³-hybridized carbons (Fsp3) is 0.538. The van der Waals surface area contributed by atoms with Gasteiger partial charge in [0.05, 0.1) is 6.10 Å². The number of aliphatic hydroxyl groups is 1. The summed E-state index contributed by atoms with van der Waals surface area (Å²) in [6.07, 6.45) is -0.407. The van der Waals surface area contributed by atoms with Gasteiger partial charge in [-0.15, -0.1) is 0 Å². The number of benzene rings is 1. The zero-order valence-corrected chi connectivity index (χ0v) is 10.3. The summed E-state index contributed by atoms with van der Waals surface area (Å²) >= 11 is 0. The fourth-order valence-corrected chi connectivity index (χ4v) is 1.75. The Morgan fingerprint density at radius 1 is 1.07 bits per heavy atom. The predicted octanol–water partition coefficient (Wildman–Crippen LogP) is 2.64. The molecule has 2 nitrogen and oxygen atoms in total.